The van der Waals surface area contributed by atoms with E-state index in [9.17, 15) is 39.9 Å². The van der Waals surface area contributed by atoms with Gasteiger partial charge in [0.1, 0.15) is 5.75 Å². The van der Waals surface area contributed by atoms with Crippen molar-refractivity contribution in [3.8, 4) is 17.2 Å². The Balaban J connectivity index is 1.44. The molecule has 220 valence electrons. The first kappa shape index (κ1) is 29.0. The number of hydrogen-bond donors (Lipinski definition) is 2. The van der Waals surface area contributed by atoms with Crippen LogP contribution < -0.4 is 19.1 Å². The molecule has 1 aliphatic heterocycles. The van der Waals surface area contributed by atoms with E-state index in [1.807, 2.05) is 0 Å². The number of rotatable bonds is 5. The molecule has 1 saturated carbocycles. The number of hydrogen-bond acceptors (Lipinski definition) is 6. The van der Waals surface area contributed by atoms with E-state index >= 15 is 0 Å². The number of aryl methyl sites for hydroxylation is 1. The molecule has 1 heterocycles. The Morgan fingerprint density at radius 1 is 0.927 bits per heavy atom. The average molecular weight is 603 g/mol. The number of nitrogens with one attached hydrogen (secondary N) is 1. The molecule has 0 spiro atoms. The molecule has 3 aromatic rings. The number of ether oxygens (including phenoxy) is 2. The SMILES string of the molecule is Cc1ccc2c(c1)Oc1cc(C(F)(F)F)ccc1N2[C@H]1CCCC(NS(=O)(=O)c2ccc(OC(F)(F)F)cc2)[C@@H]1O. The molecule has 0 amide bonds. The molecule has 14 heteroatoms. The van der Waals surface area contributed by atoms with Gasteiger partial charge in [-0.3, -0.25) is 0 Å². The van der Waals surface area contributed by atoms with E-state index in [1.165, 1.54) is 6.07 Å². The number of fused-ring (bicyclic) bond motifs is 2. The second-order valence-electron chi connectivity index (χ2n) is 9.86. The van der Waals surface area contributed by atoms with Gasteiger partial charge in [-0.2, -0.15) is 13.2 Å². The minimum Gasteiger partial charge on any atom is -0.453 e. The zero-order valence-electron chi connectivity index (χ0n) is 21.3. The Morgan fingerprint density at radius 3 is 2.20 bits per heavy atom. The molecule has 7 nitrogen and oxygen atoms in total. The molecule has 1 aliphatic carbocycles. The molecule has 5 rings (SSSR count). The molecule has 3 atom stereocenters. The van der Waals surface area contributed by atoms with Crippen LogP contribution in [0, 0.1) is 6.92 Å². The molecular weight excluding hydrogens is 578 g/mol. The quantitative estimate of drug-likeness (QED) is 0.328. The lowest BCUT2D eigenvalue weighted by Crippen LogP contribution is -2.56. The first-order chi connectivity index (χ1) is 19.1. The van der Waals surface area contributed by atoms with Gasteiger partial charge in [0, 0.05) is 0 Å². The van der Waals surface area contributed by atoms with Gasteiger partial charge in [0.25, 0.3) is 0 Å². The van der Waals surface area contributed by atoms with Crippen LogP contribution in [-0.2, 0) is 16.2 Å². The number of aliphatic hydroxyl groups is 1. The zero-order valence-corrected chi connectivity index (χ0v) is 22.1. The van der Waals surface area contributed by atoms with Crippen molar-refractivity contribution in [3.63, 3.8) is 0 Å². The summed E-state index contributed by atoms with van der Waals surface area (Å²) in [5.41, 5.74) is 0.659. The number of sulfonamides is 1. The van der Waals surface area contributed by atoms with Crippen LogP contribution in [0.4, 0.5) is 37.7 Å². The van der Waals surface area contributed by atoms with E-state index in [4.69, 9.17) is 4.74 Å². The summed E-state index contributed by atoms with van der Waals surface area (Å²) < 4.78 is 116. The average Bonchev–Trinajstić information content (AvgIpc) is 2.87. The maximum Gasteiger partial charge on any atom is 0.573 e. The third-order valence-corrected chi connectivity index (χ3v) is 8.47. The molecule has 3 aromatic carbocycles. The predicted molar refractivity (Wildman–Crippen MR) is 136 cm³/mol. The van der Waals surface area contributed by atoms with Crippen molar-refractivity contribution in [2.45, 2.75) is 61.8 Å². The fourth-order valence-electron chi connectivity index (χ4n) is 5.13. The largest absolute Gasteiger partial charge is 0.573 e. The molecule has 41 heavy (non-hydrogen) atoms. The first-order valence-corrected chi connectivity index (χ1v) is 14.0. The van der Waals surface area contributed by atoms with Crippen LogP contribution in [0.25, 0.3) is 0 Å². The number of nitrogens with zero attached hydrogens (tertiary/aromatic N) is 1. The highest BCUT2D eigenvalue weighted by atomic mass is 32.2. The Labute approximate surface area is 231 Å². The van der Waals surface area contributed by atoms with Gasteiger partial charge in [-0.25, -0.2) is 13.1 Å². The summed E-state index contributed by atoms with van der Waals surface area (Å²) in [5.74, 6) is -0.371. The van der Waals surface area contributed by atoms with E-state index in [0.29, 0.717) is 18.5 Å². The lowest BCUT2D eigenvalue weighted by molar-refractivity contribution is -0.274. The summed E-state index contributed by atoms with van der Waals surface area (Å²) in [7, 11) is -4.27. The van der Waals surface area contributed by atoms with Crippen molar-refractivity contribution in [2.75, 3.05) is 4.90 Å². The highest BCUT2D eigenvalue weighted by molar-refractivity contribution is 7.89. The fourth-order valence-corrected chi connectivity index (χ4v) is 6.42. The highest BCUT2D eigenvalue weighted by Crippen LogP contribution is 2.51. The van der Waals surface area contributed by atoms with Gasteiger partial charge in [-0.1, -0.05) is 6.07 Å². The Hall–Kier alpha value is -3.49. The molecule has 0 saturated heterocycles. The van der Waals surface area contributed by atoms with Crippen molar-refractivity contribution < 1.29 is 49.3 Å². The van der Waals surface area contributed by atoms with Crippen molar-refractivity contribution in [1.29, 1.82) is 0 Å². The second kappa shape index (κ2) is 10.4. The first-order valence-electron chi connectivity index (χ1n) is 12.5. The summed E-state index contributed by atoms with van der Waals surface area (Å²) in [6, 6.07) is 10.1. The number of aliphatic hydroxyl groups excluding tert-OH is 1. The van der Waals surface area contributed by atoms with E-state index in [-0.39, 0.29) is 28.5 Å². The Morgan fingerprint density at radius 2 is 1.56 bits per heavy atom. The molecule has 2 N–H and O–H groups in total. The maximum absolute atomic E-state index is 13.4. The van der Waals surface area contributed by atoms with E-state index in [1.54, 1.807) is 30.0 Å². The van der Waals surface area contributed by atoms with Crippen LogP contribution in [0.3, 0.4) is 0 Å². The summed E-state index contributed by atoms with van der Waals surface area (Å²) in [4.78, 5) is 1.33. The van der Waals surface area contributed by atoms with E-state index < -0.39 is 52.1 Å². The topological polar surface area (TPSA) is 88.1 Å². The molecule has 1 fully saturated rings. The van der Waals surface area contributed by atoms with Gasteiger partial charge in [0.05, 0.1) is 40.0 Å². The van der Waals surface area contributed by atoms with Crippen LogP contribution in [0.5, 0.6) is 17.2 Å². The minimum atomic E-state index is -4.94. The standard InChI is InChI=1S/C27H24F6N2O5S/c1-15-5-11-20-23(13-15)39-24-14-16(26(28,29)30)6-12-21(24)35(20)22-4-2-3-19(25(22)36)34-41(37,38)18-9-7-17(8-10-18)40-27(31,32)33/h5-14,19,22,25,34,36H,2-4H2,1H3/t19?,22-,25-/m0/s1. The van der Waals surface area contributed by atoms with Crippen molar-refractivity contribution >= 4 is 21.4 Å². The normalized spacial score (nSPS) is 21.1. The Kier molecular flexibility index (Phi) is 7.37. The monoisotopic (exact) mass is 602 g/mol. The van der Waals surface area contributed by atoms with Crippen molar-refractivity contribution in [2.24, 2.45) is 0 Å². The second-order valence-corrected chi connectivity index (χ2v) is 11.6. The van der Waals surface area contributed by atoms with Crippen LogP contribution in [0.15, 0.2) is 65.6 Å². The number of alkyl halides is 6. The minimum absolute atomic E-state index is 0.0611. The highest BCUT2D eigenvalue weighted by Gasteiger charge is 2.42. The molecule has 2 aliphatic rings. The van der Waals surface area contributed by atoms with Gasteiger partial charge in [-0.15, -0.1) is 13.2 Å². The van der Waals surface area contributed by atoms with Crippen LogP contribution in [0.2, 0.25) is 0 Å². The Bertz CT molecular complexity index is 1540. The molecule has 0 aromatic heterocycles. The number of anilines is 2. The zero-order chi connectivity index (χ0) is 29.7. The lowest BCUT2D eigenvalue weighted by Gasteiger charge is -2.45. The maximum atomic E-state index is 13.4. The van der Waals surface area contributed by atoms with E-state index in [0.717, 1.165) is 42.0 Å². The van der Waals surface area contributed by atoms with Crippen LogP contribution in [0.1, 0.15) is 30.4 Å². The molecule has 0 radical (unpaired) electrons. The summed E-state index contributed by atoms with van der Waals surface area (Å²) in [6.45, 7) is 1.79. The summed E-state index contributed by atoms with van der Waals surface area (Å²) in [6.07, 6.45) is -9.77. The lowest BCUT2D eigenvalue weighted by atomic mass is 9.86. The number of halogens is 6. The van der Waals surface area contributed by atoms with Gasteiger partial charge >= 0.3 is 12.5 Å². The van der Waals surface area contributed by atoms with Gasteiger partial charge in [-0.05, 0) is 86.3 Å². The smallest absolute Gasteiger partial charge is 0.453 e. The number of benzene rings is 3. The molecule has 1 unspecified atom stereocenters. The van der Waals surface area contributed by atoms with Gasteiger partial charge in [0.15, 0.2) is 11.5 Å². The molecule has 0 bridgehead atoms. The van der Waals surface area contributed by atoms with Crippen LogP contribution >= 0.6 is 0 Å². The molecular formula is C27H24F6N2O5S. The van der Waals surface area contributed by atoms with Gasteiger partial charge < -0.3 is 19.5 Å². The van der Waals surface area contributed by atoms with Crippen molar-refractivity contribution in [3.05, 3.63) is 71.8 Å². The van der Waals surface area contributed by atoms with Crippen LogP contribution in [-0.4, -0.2) is 38.1 Å². The summed E-state index contributed by atoms with van der Waals surface area (Å²) >= 11 is 0. The van der Waals surface area contributed by atoms with E-state index in [2.05, 4.69) is 9.46 Å². The predicted octanol–water partition coefficient (Wildman–Crippen LogP) is 6.42. The third-order valence-electron chi connectivity index (χ3n) is 6.97. The summed E-state index contributed by atoms with van der Waals surface area (Å²) in [5, 5.41) is 11.4. The fraction of sp³-hybridized carbons (Fsp3) is 0.333. The third kappa shape index (κ3) is 6.09. The van der Waals surface area contributed by atoms with Gasteiger partial charge in [0.2, 0.25) is 10.0 Å². The van der Waals surface area contributed by atoms with Crippen molar-refractivity contribution in [1.82, 2.24) is 4.72 Å².